The second-order valence-electron chi connectivity index (χ2n) is 14.1. The van der Waals surface area contributed by atoms with Crippen molar-refractivity contribution in [3.8, 4) is 0 Å². The highest BCUT2D eigenvalue weighted by Crippen LogP contribution is 2.24. The van der Waals surface area contributed by atoms with Crippen LogP contribution in [0.15, 0.2) is 122 Å². The molecular formula is C48H74O4. The van der Waals surface area contributed by atoms with E-state index in [2.05, 4.69) is 66.5 Å². The van der Waals surface area contributed by atoms with Crippen molar-refractivity contribution in [3.63, 3.8) is 0 Å². The molecule has 0 aliphatic rings. The molecule has 52 heavy (non-hydrogen) atoms. The largest absolute Gasteiger partial charge is 0.427 e. The lowest BCUT2D eigenvalue weighted by molar-refractivity contribution is -0.145. The number of allylic oxidation sites excluding steroid dienone is 10. The number of esters is 2. The van der Waals surface area contributed by atoms with E-state index in [4.69, 9.17) is 9.47 Å². The number of unbranched alkanes of at least 4 members (excludes halogenated alkanes) is 18. The summed E-state index contributed by atoms with van der Waals surface area (Å²) in [7, 11) is 0. The van der Waals surface area contributed by atoms with Crippen molar-refractivity contribution in [3.05, 3.63) is 122 Å². The molecule has 0 saturated heterocycles. The van der Waals surface area contributed by atoms with Gasteiger partial charge >= 0.3 is 11.9 Å². The van der Waals surface area contributed by atoms with Crippen molar-refractivity contribution < 1.29 is 19.1 Å². The van der Waals surface area contributed by atoms with Crippen LogP contribution in [0.4, 0.5) is 0 Å². The molecule has 0 aromatic rings. The molecule has 290 valence electrons. The summed E-state index contributed by atoms with van der Waals surface area (Å²) in [5, 5.41) is 0. The first kappa shape index (κ1) is 48.3. The predicted molar refractivity (Wildman–Crippen MR) is 226 cm³/mol. The Bertz CT molecular complexity index is 1140. The van der Waals surface area contributed by atoms with Gasteiger partial charge in [0, 0.05) is 0 Å². The third-order valence-electron chi connectivity index (χ3n) is 9.26. The highest BCUT2D eigenvalue weighted by Gasteiger charge is 2.11. The minimum absolute atomic E-state index is 0.147. The van der Waals surface area contributed by atoms with Crippen LogP contribution in [-0.4, -0.2) is 11.9 Å². The molecule has 0 spiro atoms. The summed E-state index contributed by atoms with van der Waals surface area (Å²) in [4.78, 5) is 24.6. The van der Waals surface area contributed by atoms with Crippen molar-refractivity contribution in [2.75, 3.05) is 0 Å². The zero-order valence-corrected chi connectivity index (χ0v) is 33.6. The smallest absolute Gasteiger partial charge is 0.311 e. The fraction of sp³-hybridized carbons (Fsp3) is 0.542. The van der Waals surface area contributed by atoms with E-state index in [1.165, 1.54) is 116 Å². The van der Waals surface area contributed by atoms with Crippen LogP contribution in [0.1, 0.15) is 168 Å². The lowest BCUT2D eigenvalue weighted by Crippen LogP contribution is -2.09. The number of hydrogen-bond donors (Lipinski definition) is 0. The number of hydrogen-bond acceptors (Lipinski definition) is 4. The van der Waals surface area contributed by atoms with Gasteiger partial charge < -0.3 is 9.47 Å². The van der Waals surface area contributed by atoms with Crippen LogP contribution in [0.5, 0.6) is 0 Å². The van der Waals surface area contributed by atoms with Gasteiger partial charge in [-0.1, -0.05) is 194 Å². The molecule has 4 heteroatoms. The van der Waals surface area contributed by atoms with Crippen LogP contribution < -0.4 is 0 Å². The quantitative estimate of drug-likeness (QED) is 0.0284. The molecule has 0 amide bonds. The van der Waals surface area contributed by atoms with Crippen molar-refractivity contribution in [2.45, 2.75) is 168 Å². The molecular weight excluding hydrogens is 641 g/mol. The summed E-state index contributed by atoms with van der Waals surface area (Å²) in [6, 6.07) is 0. The van der Waals surface area contributed by atoms with Gasteiger partial charge in [-0.05, 0) is 71.3 Å². The SMILES string of the molecule is C=C(/C=C/C(=C)C(=C)C(=C)CCCCCCCCCCCC)OC(=O)CCC(=O)OC(=C)/C=C/C(=C)C(=C)C(=C)CCCCCCCCCCCC. The molecule has 0 radical (unpaired) electrons. The van der Waals surface area contributed by atoms with Gasteiger partial charge in [0.25, 0.3) is 0 Å². The molecule has 0 unspecified atom stereocenters. The van der Waals surface area contributed by atoms with Crippen LogP contribution in [0.25, 0.3) is 0 Å². The maximum Gasteiger partial charge on any atom is 0.311 e. The molecule has 0 heterocycles. The molecule has 0 aliphatic carbocycles. The average molecular weight is 715 g/mol. The Morgan fingerprint density at radius 3 is 0.942 bits per heavy atom. The number of ether oxygens (including phenoxy) is 2. The van der Waals surface area contributed by atoms with Gasteiger partial charge in [0.2, 0.25) is 0 Å². The summed E-state index contributed by atoms with van der Waals surface area (Å²) in [6.07, 6.45) is 33.8. The van der Waals surface area contributed by atoms with E-state index >= 15 is 0 Å². The van der Waals surface area contributed by atoms with Crippen LogP contribution in [-0.2, 0) is 19.1 Å². The standard InChI is InChI=1S/C48H74O4/c1-11-13-15-17-19-21-23-25-27-29-31-39(3)45(9)41(5)33-35-43(7)51-47(49)37-38-48(50)52-44(8)36-34-42(6)46(10)40(4)32-30-28-26-24-22-20-18-16-14-12-2/h33-36H,3-32,37-38H2,1-2H3/b35-33+,36-34+. The molecule has 0 aliphatic heterocycles. The summed E-state index contributed by atoms with van der Waals surface area (Å²) < 4.78 is 10.5. The van der Waals surface area contributed by atoms with Crippen molar-refractivity contribution in [2.24, 2.45) is 0 Å². The van der Waals surface area contributed by atoms with E-state index in [1.807, 2.05) is 0 Å². The van der Waals surface area contributed by atoms with Crippen LogP contribution in [0.3, 0.4) is 0 Å². The Balaban J connectivity index is 4.24. The van der Waals surface area contributed by atoms with Gasteiger partial charge in [-0.3, -0.25) is 9.59 Å². The Morgan fingerprint density at radius 1 is 0.385 bits per heavy atom. The van der Waals surface area contributed by atoms with Gasteiger partial charge in [0.1, 0.15) is 11.5 Å². The third-order valence-corrected chi connectivity index (χ3v) is 9.26. The fourth-order valence-corrected chi connectivity index (χ4v) is 5.66. The van der Waals surface area contributed by atoms with Gasteiger partial charge in [0.05, 0.1) is 12.8 Å². The molecule has 0 saturated carbocycles. The Hall–Kier alpha value is -3.66. The summed E-state index contributed by atoms with van der Waals surface area (Å²) in [6.45, 7) is 36.8. The fourth-order valence-electron chi connectivity index (χ4n) is 5.66. The van der Waals surface area contributed by atoms with Gasteiger partial charge in [-0.25, -0.2) is 0 Å². The second kappa shape index (κ2) is 32.0. The summed E-state index contributed by atoms with van der Waals surface area (Å²) in [5.41, 5.74) is 4.87. The zero-order chi connectivity index (χ0) is 39.0. The molecule has 0 rings (SSSR count). The second-order valence-corrected chi connectivity index (χ2v) is 14.1. The van der Waals surface area contributed by atoms with Crippen LogP contribution in [0.2, 0.25) is 0 Å². The van der Waals surface area contributed by atoms with Crippen LogP contribution >= 0.6 is 0 Å². The summed E-state index contributed by atoms with van der Waals surface area (Å²) in [5.74, 6) is -0.886. The van der Waals surface area contributed by atoms with Crippen LogP contribution in [0, 0.1) is 0 Å². The minimum atomic E-state index is -0.590. The molecule has 4 nitrogen and oxygen atoms in total. The molecule has 0 fully saturated rings. The maximum atomic E-state index is 12.3. The Labute approximate surface area is 320 Å². The highest BCUT2D eigenvalue weighted by molar-refractivity contribution is 5.79. The first-order chi connectivity index (χ1) is 24.9. The molecule has 0 atom stereocenters. The van der Waals surface area contributed by atoms with E-state index in [0.717, 1.165) is 48.0 Å². The van der Waals surface area contributed by atoms with Crippen molar-refractivity contribution in [1.29, 1.82) is 0 Å². The zero-order valence-electron chi connectivity index (χ0n) is 33.6. The minimum Gasteiger partial charge on any atom is -0.427 e. The predicted octanol–water partition coefficient (Wildman–Crippen LogP) is 15.0. The highest BCUT2D eigenvalue weighted by atomic mass is 16.5. The first-order valence-corrected chi connectivity index (χ1v) is 20.2. The average Bonchev–Trinajstić information content (AvgIpc) is 3.12. The number of rotatable bonds is 35. The lowest BCUT2D eigenvalue weighted by atomic mass is 9.96. The normalized spacial score (nSPS) is 11.0. The molecule has 0 N–H and O–H groups in total. The monoisotopic (exact) mass is 715 g/mol. The van der Waals surface area contributed by atoms with Crippen molar-refractivity contribution in [1.82, 2.24) is 0 Å². The van der Waals surface area contributed by atoms with E-state index in [-0.39, 0.29) is 24.4 Å². The van der Waals surface area contributed by atoms with Gasteiger partial charge in [-0.15, -0.1) is 0 Å². The lowest BCUT2D eigenvalue weighted by Gasteiger charge is -2.10. The van der Waals surface area contributed by atoms with E-state index in [9.17, 15) is 9.59 Å². The molecule has 0 aromatic carbocycles. The maximum absolute atomic E-state index is 12.3. The molecule has 0 bridgehead atoms. The summed E-state index contributed by atoms with van der Waals surface area (Å²) >= 11 is 0. The van der Waals surface area contributed by atoms with E-state index in [0.29, 0.717) is 11.1 Å². The van der Waals surface area contributed by atoms with Gasteiger partial charge in [-0.2, -0.15) is 0 Å². The topological polar surface area (TPSA) is 52.6 Å². The number of carbonyl (C=O) groups is 2. The Morgan fingerprint density at radius 2 is 0.654 bits per heavy atom. The van der Waals surface area contributed by atoms with E-state index < -0.39 is 11.9 Å². The third kappa shape index (κ3) is 27.1. The Kier molecular flexibility index (Phi) is 29.8. The molecule has 0 aromatic heterocycles. The van der Waals surface area contributed by atoms with Crippen molar-refractivity contribution >= 4 is 11.9 Å². The first-order valence-electron chi connectivity index (χ1n) is 20.2. The van der Waals surface area contributed by atoms with Gasteiger partial charge in [0.15, 0.2) is 0 Å². The van der Waals surface area contributed by atoms with E-state index in [1.54, 1.807) is 24.3 Å². The number of carbonyl (C=O) groups excluding carboxylic acids is 2.